The Kier molecular flexibility index (Phi) is 8.96. The summed E-state index contributed by atoms with van der Waals surface area (Å²) in [5, 5.41) is 40.7. The van der Waals surface area contributed by atoms with Crippen LogP contribution in [-0.2, 0) is 9.47 Å². The average molecular weight is 517 g/mol. The molecular formula is C31H40N4O3. The van der Waals surface area contributed by atoms with Crippen LogP contribution in [0.25, 0.3) is 0 Å². The van der Waals surface area contributed by atoms with E-state index in [9.17, 15) is 15.8 Å². The Bertz CT molecular complexity index is 1080. The molecule has 1 aromatic carbocycles. The van der Waals surface area contributed by atoms with Gasteiger partial charge in [-0.15, -0.1) is 0 Å². The lowest BCUT2D eigenvalue weighted by Gasteiger charge is -2.50. The van der Waals surface area contributed by atoms with E-state index in [0.29, 0.717) is 30.8 Å². The zero-order valence-corrected chi connectivity index (χ0v) is 22.6. The van der Waals surface area contributed by atoms with E-state index in [1.54, 1.807) is 0 Å². The predicted octanol–water partition coefficient (Wildman–Crippen LogP) is 7.50. The van der Waals surface area contributed by atoms with Gasteiger partial charge in [0.15, 0.2) is 5.41 Å². The van der Waals surface area contributed by atoms with Crippen molar-refractivity contribution in [3.8, 4) is 24.0 Å². The quantitative estimate of drug-likeness (QED) is 0.374. The first-order valence-corrected chi connectivity index (χ1v) is 14.5. The number of nitriles is 3. The van der Waals surface area contributed by atoms with Gasteiger partial charge in [-0.05, 0) is 37.0 Å². The highest BCUT2D eigenvalue weighted by Crippen LogP contribution is 2.68. The largest absolute Gasteiger partial charge is 0.494 e. The number of nitrogens with one attached hydrogen (secondary N) is 1. The van der Waals surface area contributed by atoms with Gasteiger partial charge in [-0.1, -0.05) is 83.3 Å². The van der Waals surface area contributed by atoms with Gasteiger partial charge >= 0.3 is 0 Å². The number of hydrogen-bond donors (Lipinski definition) is 1. The molecule has 3 aliphatic rings. The maximum Gasteiger partial charge on any atom is 0.217 e. The lowest BCUT2D eigenvalue weighted by Crippen LogP contribution is -2.59. The van der Waals surface area contributed by atoms with Gasteiger partial charge in [0.1, 0.15) is 11.9 Å². The van der Waals surface area contributed by atoms with Crippen molar-refractivity contribution in [1.29, 1.82) is 21.2 Å². The standard InChI is InChI=1S/C31H40N4O3/c1-2-3-4-13-20-36-25-17-15-24(16-18-25)27-29(21-32,22-33)30(23-34)26-14-11-9-7-5-6-8-10-12-19-31(26,37-27)38-28(30)35/h15-18,26-27,35H,2-14,19-20H2,1H3. The molecule has 1 saturated carbocycles. The van der Waals surface area contributed by atoms with E-state index in [0.717, 1.165) is 51.4 Å². The van der Waals surface area contributed by atoms with Gasteiger partial charge in [-0.3, -0.25) is 5.41 Å². The molecule has 4 rings (SSSR count). The van der Waals surface area contributed by atoms with Crippen LogP contribution in [0.15, 0.2) is 24.3 Å². The third-order valence-corrected chi connectivity index (χ3v) is 8.77. The number of rotatable bonds is 7. The van der Waals surface area contributed by atoms with Crippen molar-refractivity contribution in [3.63, 3.8) is 0 Å². The first kappa shape index (κ1) is 27.9. The van der Waals surface area contributed by atoms with Crippen LogP contribution in [0.1, 0.15) is 108 Å². The smallest absolute Gasteiger partial charge is 0.217 e. The molecule has 0 spiro atoms. The minimum atomic E-state index is -1.91. The Morgan fingerprint density at radius 3 is 2.18 bits per heavy atom. The zero-order valence-electron chi connectivity index (χ0n) is 22.6. The monoisotopic (exact) mass is 516 g/mol. The lowest BCUT2D eigenvalue weighted by molar-refractivity contribution is -0.287. The Labute approximate surface area is 227 Å². The van der Waals surface area contributed by atoms with Gasteiger partial charge in [0.05, 0.1) is 30.7 Å². The van der Waals surface area contributed by atoms with E-state index in [-0.39, 0.29) is 5.90 Å². The molecule has 7 nitrogen and oxygen atoms in total. The number of benzene rings is 1. The van der Waals surface area contributed by atoms with Crippen molar-refractivity contribution in [2.75, 3.05) is 6.61 Å². The summed E-state index contributed by atoms with van der Waals surface area (Å²) in [7, 11) is 0. The molecule has 3 fully saturated rings. The molecule has 2 aliphatic heterocycles. The van der Waals surface area contributed by atoms with E-state index in [4.69, 9.17) is 19.6 Å². The van der Waals surface area contributed by atoms with Crippen LogP contribution in [0.5, 0.6) is 5.75 Å². The lowest BCUT2D eigenvalue weighted by atomic mass is 9.52. The molecule has 0 aromatic heterocycles. The summed E-state index contributed by atoms with van der Waals surface area (Å²) in [6.45, 7) is 2.81. The van der Waals surface area contributed by atoms with Gasteiger partial charge in [-0.2, -0.15) is 15.8 Å². The van der Waals surface area contributed by atoms with Crippen LogP contribution in [0.2, 0.25) is 0 Å². The van der Waals surface area contributed by atoms with E-state index in [1.807, 2.05) is 24.3 Å². The maximum atomic E-state index is 10.7. The Morgan fingerprint density at radius 2 is 1.55 bits per heavy atom. The van der Waals surface area contributed by atoms with E-state index >= 15 is 0 Å². The Balaban J connectivity index is 1.70. The van der Waals surface area contributed by atoms with Crippen LogP contribution in [0.4, 0.5) is 0 Å². The number of hydrogen-bond acceptors (Lipinski definition) is 7. The molecule has 4 unspecified atom stereocenters. The van der Waals surface area contributed by atoms with Gasteiger partial charge in [0.25, 0.3) is 0 Å². The second-order valence-electron chi connectivity index (χ2n) is 11.1. The van der Waals surface area contributed by atoms with Crippen LogP contribution in [0.3, 0.4) is 0 Å². The second kappa shape index (κ2) is 12.2. The molecule has 2 saturated heterocycles. The first-order chi connectivity index (χ1) is 18.5. The molecule has 1 aromatic rings. The van der Waals surface area contributed by atoms with E-state index in [2.05, 4.69) is 25.1 Å². The van der Waals surface area contributed by atoms with Gasteiger partial charge < -0.3 is 14.2 Å². The molecule has 4 atom stereocenters. The molecular weight excluding hydrogens is 476 g/mol. The first-order valence-electron chi connectivity index (χ1n) is 14.5. The minimum absolute atomic E-state index is 0.294. The summed E-state index contributed by atoms with van der Waals surface area (Å²) < 4.78 is 18.8. The molecule has 2 bridgehead atoms. The fourth-order valence-corrected chi connectivity index (χ4v) is 6.68. The topological polar surface area (TPSA) is 123 Å². The summed E-state index contributed by atoms with van der Waals surface area (Å²) in [5.74, 6) is -1.32. The third-order valence-electron chi connectivity index (χ3n) is 8.77. The summed E-state index contributed by atoms with van der Waals surface area (Å²) in [6.07, 6.45) is 12.9. The van der Waals surface area contributed by atoms with Crippen LogP contribution in [-0.4, -0.2) is 18.3 Å². The molecule has 0 amide bonds. The summed E-state index contributed by atoms with van der Waals surface area (Å²) in [5.41, 5.74) is -2.99. The van der Waals surface area contributed by atoms with Crippen molar-refractivity contribution >= 4 is 5.90 Å². The third kappa shape index (κ3) is 4.76. The summed E-state index contributed by atoms with van der Waals surface area (Å²) in [6, 6.07) is 14.0. The summed E-state index contributed by atoms with van der Waals surface area (Å²) in [4.78, 5) is 0. The SMILES string of the molecule is CCCCCCOc1ccc(C2OC34CCCCCCCCCCC3C(C#N)(C(=N)O4)C2(C#N)C#N)cc1. The highest BCUT2D eigenvalue weighted by Gasteiger charge is 2.79. The second-order valence-corrected chi connectivity index (χ2v) is 11.1. The van der Waals surface area contributed by atoms with Crippen molar-refractivity contribution in [2.24, 2.45) is 16.7 Å². The van der Waals surface area contributed by atoms with Crippen LogP contribution < -0.4 is 4.74 Å². The van der Waals surface area contributed by atoms with Crippen LogP contribution in [0, 0.1) is 56.2 Å². The maximum absolute atomic E-state index is 10.7. The highest BCUT2D eigenvalue weighted by atomic mass is 16.7. The van der Waals surface area contributed by atoms with Crippen LogP contribution >= 0.6 is 0 Å². The zero-order chi connectivity index (χ0) is 27.1. The Hall–Kier alpha value is -3.08. The van der Waals surface area contributed by atoms with Crippen molar-refractivity contribution in [2.45, 2.75) is 109 Å². The number of ether oxygens (including phenoxy) is 3. The van der Waals surface area contributed by atoms with E-state index in [1.165, 1.54) is 25.7 Å². The molecule has 1 N–H and O–H groups in total. The van der Waals surface area contributed by atoms with Crippen molar-refractivity contribution in [3.05, 3.63) is 29.8 Å². The van der Waals surface area contributed by atoms with Gasteiger partial charge in [0.2, 0.25) is 17.1 Å². The molecule has 2 heterocycles. The Morgan fingerprint density at radius 1 is 0.895 bits per heavy atom. The van der Waals surface area contributed by atoms with Gasteiger partial charge in [0, 0.05) is 6.42 Å². The fraction of sp³-hybridized carbons (Fsp3) is 0.677. The fourth-order valence-electron chi connectivity index (χ4n) is 6.68. The molecule has 0 radical (unpaired) electrons. The normalized spacial score (nSPS) is 30.7. The molecule has 202 valence electrons. The number of unbranched alkanes of at least 4 members (excludes halogenated alkanes) is 3. The number of nitrogens with zero attached hydrogens (tertiary/aromatic N) is 3. The molecule has 38 heavy (non-hydrogen) atoms. The minimum Gasteiger partial charge on any atom is -0.494 e. The highest BCUT2D eigenvalue weighted by molar-refractivity contribution is 5.89. The average Bonchev–Trinajstić information content (AvgIpc) is 3.11. The summed E-state index contributed by atoms with van der Waals surface area (Å²) >= 11 is 0. The van der Waals surface area contributed by atoms with E-state index < -0.39 is 28.6 Å². The molecule has 1 aliphatic carbocycles. The van der Waals surface area contributed by atoms with Crippen molar-refractivity contribution < 1.29 is 14.2 Å². The van der Waals surface area contributed by atoms with Gasteiger partial charge in [-0.25, -0.2) is 0 Å². The van der Waals surface area contributed by atoms with Crippen molar-refractivity contribution in [1.82, 2.24) is 0 Å². The predicted molar refractivity (Wildman–Crippen MR) is 143 cm³/mol. The molecule has 7 heteroatoms.